The number of methoxy groups -OCH3 is 2. The van der Waals surface area contributed by atoms with E-state index in [-0.39, 0.29) is 10.7 Å². The van der Waals surface area contributed by atoms with Crippen LogP contribution in [0.2, 0.25) is 5.02 Å². The van der Waals surface area contributed by atoms with E-state index in [1.165, 1.54) is 25.2 Å². The fourth-order valence-corrected chi connectivity index (χ4v) is 3.97. The van der Waals surface area contributed by atoms with Gasteiger partial charge in [-0.05, 0) is 76.5 Å². The van der Waals surface area contributed by atoms with E-state index in [4.69, 9.17) is 33.3 Å². The van der Waals surface area contributed by atoms with Crippen molar-refractivity contribution in [1.82, 2.24) is 5.32 Å². The standard InChI is InChI=1S/C20H16BrClN2O4S/c1-10-14(22)5-4-6-15(10)24-19(26)12(18(25)23-20(24)29)7-11-8-13(21)17(28-3)16(9-11)27-2/h4-9H,1-3H3,(H,23,25,29)/b12-7-. The second-order valence-corrected chi connectivity index (χ2v) is 7.73. The number of halogens is 2. The Morgan fingerprint density at radius 2 is 1.93 bits per heavy atom. The van der Waals surface area contributed by atoms with E-state index in [1.54, 1.807) is 37.3 Å². The normalized spacial score (nSPS) is 15.6. The second-order valence-electron chi connectivity index (χ2n) is 6.08. The molecule has 0 saturated carbocycles. The first kappa shape index (κ1) is 21.3. The van der Waals surface area contributed by atoms with Crippen molar-refractivity contribution in [3.8, 4) is 11.5 Å². The van der Waals surface area contributed by atoms with Crippen LogP contribution in [-0.2, 0) is 9.59 Å². The van der Waals surface area contributed by atoms with Crippen LogP contribution in [0.25, 0.3) is 6.08 Å². The number of nitrogens with one attached hydrogen (secondary N) is 1. The first-order chi connectivity index (χ1) is 13.8. The van der Waals surface area contributed by atoms with Gasteiger partial charge in [0.25, 0.3) is 11.8 Å². The third kappa shape index (κ3) is 4.01. The number of carbonyl (C=O) groups is 2. The van der Waals surface area contributed by atoms with E-state index in [0.29, 0.717) is 37.8 Å². The summed E-state index contributed by atoms with van der Waals surface area (Å²) in [6, 6.07) is 8.53. The van der Waals surface area contributed by atoms with Crippen molar-refractivity contribution in [3.05, 3.63) is 56.5 Å². The lowest BCUT2D eigenvalue weighted by molar-refractivity contribution is -0.122. The number of anilines is 1. The molecule has 1 aliphatic rings. The maximum atomic E-state index is 13.2. The van der Waals surface area contributed by atoms with Crippen LogP contribution in [0.3, 0.4) is 0 Å². The highest BCUT2D eigenvalue weighted by molar-refractivity contribution is 9.10. The maximum absolute atomic E-state index is 13.2. The zero-order chi connectivity index (χ0) is 21.3. The first-order valence-electron chi connectivity index (χ1n) is 8.36. The first-order valence-corrected chi connectivity index (χ1v) is 9.94. The van der Waals surface area contributed by atoms with Crippen molar-refractivity contribution in [2.24, 2.45) is 0 Å². The number of thiocarbonyl (C=S) groups is 1. The predicted molar refractivity (Wildman–Crippen MR) is 120 cm³/mol. The number of ether oxygens (including phenoxy) is 2. The molecule has 150 valence electrons. The van der Waals surface area contributed by atoms with Crippen LogP contribution >= 0.6 is 39.7 Å². The number of hydrogen-bond acceptors (Lipinski definition) is 5. The highest BCUT2D eigenvalue weighted by atomic mass is 79.9. The molecule has 0 aromatic heterocycles. The van der Waals surface area contributed by atoms with Gasteiger partial charge >= 0.3 is 0 Å². The molecule has 1 fully saturated rings. The van der Waals surface area contributed by atoms with Gasteiger partial charge in [-0.2, -0.15) is 0 Å². The highest BCUT2D eigenvalue weighted by Crippen LogP contribution is 2.37. The Bertz CT molecular complexity index is 1070. The monoisotopic (exact) mass is 494 g/mol. The summed E-state index contributed by atoms with van der Waals surface area (Å²) in [5.74, 6) is -0.168. The molecule has 0 bridgehead atoms. The average molecular weight is 496 g/mol. The summed E-state index contributed by atoms with van der Waals surface area (Å²) in [6.07, 6.45) is 1.47. The molecule has 29 heavy (non-hydrogen) atoms. The van der Waals surface area contributed by atoms with Crippen LogP contribution < -0.4 is 19.7 Å². The zero-order valence-corrected chi connectivity index (χ0v) is 18.9. The Morgan fingerprint density at radius 3 is 2.59 bits per heavy atom. The quantitative estimate of drug-likeness (QED) is 0.390. The Labute approximate surface area is 186 Å². The molecule has 0 radical (unpaired) electrons. The second kappa shape index (κ2) is 8.52. The fourth-order valence-electron chi connectivity index (χ4n) is 2.90. The molecular weight excluding hydrogens is 480 g/mol. The third-order valence-electron chi connectivity index (χ3n) is 4.35. The van der Waals surface area contributed by atoms with Gasteiger partial charge in [-0.15, -0.1) is 0 Å². The zero-order valence-electron chi connectivity index (χ0n) is 15.7. The Kier molecular flexibility index (Phi) is 6.26. The molecule has 0 atom stereocenters. The smallest absolute Gasteiger partial charge is 0.270 e. The molecule has 0 unspecified atom stereocenters. The van der Waals surface area contributed by atoms with E-state index in [1.807, 2.05) is 0 Å². The molecule has 2 amide bonds. The molecule has 2 aromatic carbocycles. The molecule has 9 heteroatoms. The molecule has 6 nitrogen and oxygen atoms in total. The van der Waals surface area contributed by atoms with Gasteiger partial charge in [0.05, 0.1) is 24.4 Å². The van der Waals surface area contributed by atoms with E-state index in [2.05, 4.69) is 21.2 Å². The van der Waals surface area contributed by atoms with Crippen molar-refractivity contribution in [2.45, 2.75) is 6.92 Å². The lowest BCUT2D eigenvalue weighted by atomic mass is 10.1. The van der Waals surface area contributed by atoms with Crippen LogP contribution in [0.4, 0.5) is 5.69 Å². The minimum Gasteiger partial charge on any atom is -0.493 e. The Hall–Kier alpha value is -2.42. The van der Waals surface area contributed by atoms with Crippen LogP contribution in [0.5, 0.6) is 11.5 Å². The number of benzene rings is 2. The van der Waals surface area contributed by atoms with Gasteiger partial charge in [-0.25, -0.2) is 0 Å². The molecule has 0 aliphatic carbocycles. The maximum Gasteiger partial charge on any atom is 0.270 e. The van der Waals surface area contributed by atoms with Gasteiger partial charge in [0.1, 0.15) is 5.57 Å². The number of carbonyl (C=O) groups excluding carboxylic acids is 2. The summed E-state index contributed by atoms with van der Waals surface area (Å²) in [4.78, 5) is 26.9. The van der Waals surface area contributed by atoms with Crippen LogP contribution in [0.15, 0.2) is 40.4 Å². The largest absolute Gasteiger partial charge is 0.493 e. The topological polar surface area (TPSA) is 67.9 Å². The minimum atomic E-state index is -0.582. The van der Waals surface area contributed by atoms with E-state index in [9.17, 15) is 9.59 Å². The number of hydrogen-bond donors (Lipinski definition) is 1. The summed E-state index contributed by atoms with van der Waals surface area (Å²) in [6.45, 7) is 1.78. The lowest BCUT2D eigenvalue weighted by Gasteiger charge is -2.30. The molecule has 1 aliphatic heterocycles. The van der Waals surface area contributed by atoms with Gasteiger partial charge in [-0.1, -0.05) is 17.7 Å². The van der Waals surface area contributed by atoms with Crippen LogP contribution in [-0.4, -0.2) is 31.1 Å². The van der Waals surface area contributed by atoms with Gasteiger partial charge in [0.2, 0.25) is 0 Å². The number of amides is 2. The SMILES string of the molecule is COc1cc(/C=C2/C(=O)NC(=S)N(c3cccc(Cl)c3C)C2=O)cc(Br)c1OC. The van der Waals surface area contributed by atoms with Gasteiger partial charge < -0.3 is 9.47 Å². The van der Waals surface area contributed by atoms with Gasteiger partial charge in [0.15, 0.2) is 16.6 Å². The predicted octanol–water partition coefficient (Wildman–Crippen LogP) is 4.26. The highest BCUT2D eigenvalue weighted by Gasteiger charge is 2.35. The molecular formula is C20H16BrClN2O4S. The van der Waals surface area contributed by atoms with Gasteiger partial charge in [0, 0.05) is 5.02 Å². The van der Waals surface area contributed by atoms with Crippen molar-refractivity contribution in [3.63, 3.8) is 0 Å². The minimum absolute atomic E-state index is 0.00370. The summed E-state index contributed by atoms with van der Waals surface area (Å²) < 4.78 is 11.2. The van der Waals surface area contributed by atoms with Crippen LogP contribution in [0.1, 0.15) is 11.1 Å². The van der Waals surface area contributed by atoms with Crippen molar-refractivity contribution in [2.75, 3.05) is 19.1 Å². The summed E-state index contributed by atoms with van der Waals surface area (Å²) in [5.41, 5.74) is 1.68. The van der Waals surface area contributed by atoms with Crippen LogP contribution in [0, 0.1) is 6.92 Å². The molecule has 3 rings (SSSR count). The van der Waals surface area contributed by atoms with Crippen molar-refractivity contribution >= 4 is 68.4 Å². The average Bonchev–Trinajstić information content (AvgIpc) is 2.67. The van der Waals surface area contributed by atoms with Crippen molar-refractivity contribution < 1.29 is 19.1 Å². The summed E-state index contributed by atoms with van der Waals surface area (Å²) >= 11 is 14.8. The fraction of sp³-hybridized carbons (Fsp3) is 0.150. The van der Waals surface area contributed by atoms with Crippen molar-refractivity contribution in [1.29, 1.82) is 0 Å². The molecule has 0 spiro atoms. The number of rotatable bonds is 4. The molecule has 2 aromatic rings. The van der Waals surface area contributed by atoms with E-state index >= 15 is 0 Å². The molecule has 1 heterocycles. The lowest BCUT2D eigenvalue weighted by Crippen LogP contribution is -2.54. The van der Waals surface area contributed by atoms with E-state index < -0.39 is 11.8 Å². The molecule has 1 N–H and O–H groups in total. The Balaban J connectivity index is 2.09. The Morgan fingerprint density at radius 1 is 1.21 bits per heavy atom. The number of nitrogens with zero attached hydrogens (tertiary/aromatic N) is 1. The van der Waals surface area contributed by atoms with Gasteiger partial charge in [-0.3, -0.25) is 19.8 Å². The third-order valence-corrected chi connectivity index (χ3v) is 5.63. The summed E-state index contributed by atoms with van der Waals surface area (Å²) in [7, 11) is 3.02. The molecule has 1 saturated heterocycles. The summed E-state index contributed by atoms with van der Waals surface area (Å²) in [5, 5.41) is 3.05. The van der Waals surface area contributed by atoms with E-state index in [0.717, 1.165) is 0 Å².